The number of anilines is 1. The molecular formula is C22H25ClN4. The fourth-order valence-corrected chi connectivity index (χ4v) is 4.11. The summed E-state index contributed by atoms with van der Waals surface area (Å²) in [5.41, 5.74) is 4.28. The number of nitrogens with zero attached hydrogens (tertiary/aromatic N) is 3. The molecule has 4 nitrogen and oxygen atoms in total. The van der Waals surface area contributed by atoms with Gasteiger partial charge in [0.2, 0.25) is 5.95 Å². The van der Waals surface area contributed by atoms with Gasteiger partial charge in [-0.3, -0.25) is 0 Å². The highest BCUT2D eigenvalue weighted by Gasteiger charge is 2.11. The Labute approximate surface area is 165 Å². The maximum Gasteiger partial charge on any atom is 0.223 e. The number of nitrogens with one attached hydrogen (secondary N) is 1. The molecule has 0 amide bonds. The molecule has 1 fully saturated rings. The number of likely N-dealkylation sites (tertiary alicyclic amines) is 1. The van der Waals surface area contributed by atoms with E-state index in [1.54, 1.807) is 0 Å². The maximum absolute atomic E-state index is 6.41. The van der Waals surface area contributed by atoms with Crippen molar-refractivity contribution in [2.24, 2.45) is 0 Å². The first-order valence-electron chi connectivity index (χ1n) is 9.69. The highest BCUT2D eigenvalue weighted by atomic mass is 35.5. The first-order valence-corrected chi connectivity index (χ1v) is 10.1. The second kappa shape index (κ2) is 8.24. The fourth-order valence-electron chi connectivity index (χ4n) is 3.78. The molecule has 0 saturated carbocycles. The minimum Gasteiger partial charge on any atom is -0.354 e. The fraction of sp³-hybridized carbons (Fsp3) is 0.364. The standard InChI is InChI=1S/C22H25ClN4/c1-16-6-4-7-19(23)21(16)17-8-9-20-18(14-17)15-25-22(26-20)24-10-5-13-27-11-2-3-12-27/h4,6-9,14-15H,2-3,5,10-13H2,1H3,(H,24,25,26). The van der Waals surface area contributed by atoms with Crippen LogP contribution in [-0.2, 0) is 0 Å². The van der Waals surface area contributed by atoms with E-state index in [-0.39, 0.29) is 0 Å². The van der Waals surface area contributed by atoms with Crippen LogP contribution in [0.2, 0.25) is 5.02 Å². The van der Waals surface area contributed by atoms with Gasteiger partial charge in [0.15, 0.2) is 0 Å². The Morgan fingerprint density at radius 3 is 2.81 bits per heavy atom. The summed E-state index contributed by atoms with van der Waals surface area (Å²) in [6, 6.07) is 12.2. The monoisotopic (exact) mass is 380 g/mol. The summed E-state index contributed by atoms with van der Waals surface area (Å²) in [4.78, 5) is 11.7. The first-order chi connectivity index (χ1) is 13.2. The summed E-state index contributed by atoms with van der Waals surface area (Å²) in [6.07, 6.45) is 5.70. The molecule has 27 heavy (non-hydrogen) atoms. The van der Waals surface area contributed by atoms with Gasteiger partial charge in [0.1, 0.15) is 0 Å². The summed E-state index contributed by atoms with van der Waals surface area (Å²) < 4.78 is 0. The van der Waals surface area contributed by atoms with Crippen LogP contribution in [0.5, 0.6) is 0 Å². The lowest BCUT2D eigenvalue weighted by atomic mass is 9.99. The molecule has 1 aliphatic heterocycles. The average Bonchev–Trinajstić information content (AvgIpc) is 3.18. The van der Waals surface area contributed by atoms with Gasteiger partial charge < -0.3 is 10.2 Å². The number of aromatic nitrogens is 2. The average molecular weight is 381 g/mol. The lowest BCUT2D eigenvalue weighted by Crippen LogP contribution is -2.22. The number of rotatable bonds is 6. The van der Waals surface area contributed by atoms with E-state index < -0.39 is 0 Å². The van der Waals surface area contributed by atoms with Gasteiger partial charge in [-0.05, 0) is 75.1 Å². The van der Waals surface area contributed by atoms with Crippen molar-refractivity contribution in [3.63, 3.8) is 0 Å². The number of halogens is 1. The van der Waals surface area contributed by atoms with Crippen LogP contribution in [0.25, 0.3) is 22.0 Å². The largest absolute Gasteiger partial charge is 0.354 e. The third-order valence-corrected chi connectivity index (χ3v) is 5.54. The highest BCUT2D eigenvalue weighted by Crippen LogP contribution is 2.32. The number of aryl methyl sites for hydroxylation is 1. The van der Waals surface area contributed by atoms with Gasteiger partial charge in [-0.15, -0.1) is 0 Å². The molecule has 0 unspecified atom stereocenters. The van der Waals surface area contributed by atoms with Gasteiger partial charge in [0.05, 0.1) is 5.52 Å². The van der Waals surface area contributed by atoms with E-state index in [0.29, 0.717) is 5.95 Å². The molecule has 0 aliphatic carbocycles. The SMILES string of the molecule is Cc1cccc(Cl)c1-c1ccc2nc(NCCCN3CCCC3)ncc2c1. The van der Waals surface area contributed by atoms with Crippen LogP contribution in [0.15, 0.2) is 42.6 Å². The van der Waals surface area contributed by atoms with Gasteiger partial charge >= 0.3 is 0 Å². The Morgan fingerprint density at radius 1 is 1.15 bits per heavy atom. The molecule has 1 N–H and O–H groups in total. The molecule has 140 valence electrons. The van der Waals surface area contributed by atoms with Crippen molar-refractivity contribution in [1.82, 2.24) is 14.9 Å². The van der Waals surface area contributed by atoms with Crippen LogP contribution in [0.1, 0.15) is 24.8 Å². The second-order valence-electron chi connectivity index (χ2n) is 7.23. The van der Waals surface area contributed by atoms with Crippen molar-refractivity contribution in [3.8, 4) is 11.1 Å². The maximum atomic E-state index is 6.41. The number of hydrogen-bond donors (Lipinski definition) is 1. The minimum atomic E-state index is 0.700. The van der Waals surface area contributed by atoms with E-state index in [1.807, 2.05) is 24.4 Å². The summed E-state index contributed by atoms with van der Waals surface area (Å²) in [5.74, 6) is 0.700. The number of benzene rings is 2. The molecule has 0 atom stereocenters. The van der Waals surface area contributed by atoms with Crippen LogP contribution in [0, 0.1) is 6.92 Å². The Kier molecular flexibility index (Phi) is 5.55. The third kappa shape index (κ3) is 4.23. The number of hydrogen-bond acceptors (Lipinski definition) is 4. The van der Waals surface area contributed by atoms with Crippen LogP contribution in [-0.4, -0.2) is 41.0 Å². The van der Waals surface area contributed by atoms with Crippen molar-refractivity contribution in [1.29, 1.82) is 0 Å². The van der Waals surface area contributed by atoms with Crippen LogP contribution in [0.3, 0.4) is 0 Å². The van der Waals surface area contributed by atoms with Crippen molar-refractivity contribution >= 4 is 28.5 Å². The molecule has 1 saturated heterocycles. The normalized spacial score (nSPS) is 14.7. The quantitative estimate of drug-likeness (QED) is 0.600. The van der Waals surface area contributed by atoms with E-state index >= 15 is 0 Å². The van der Waals surface area contributed by atoms with E-state index in [1.165, 1.54) is 31.5 Å². The molecule has 3 aromatic rings. The van der Waals surface area contributed by atoms with Crippen molar-refractivity contribution in [3.05, 3.63) is 53.2 Å². The van der Waals surface area contributed by atoms with Crippen LogP contribution in [0.4, 0.5) is 5.95 Å². The van der Waals surface area contributed by atoms with Gasteiger partial charge in [0.25, 0.3) is 0 Å². The van der Waals surface area contributed by atoms with Gasteiger partial charge in [-0.25, -0.2) is 9.97 Å². The predicted octanol–water partition coefficient (Wildman–Crippen LogP) is 5.16. The third-order valence-electron chi connectivity index (χ3n) is 5.22. The van der Waals surface area contributed by atoms with Crippen molar-refractivity contribution in [2.75, 3.05) is 31.5 Å². The molecule has 2 heterocycles. The summed E-state index contributed by atoms with van der Waals surface area (Å²) in [6.45, 7) is 6.64. The molecule has 1 aromatic heterocycles. The summed E-state index contributed by atoms with van der Waals surface area (Å²) in [7, 11) is 0. The zero-order valence-corrected chi connectivity index (χ0v) is 16.5. The molecule has 1 aliphatic rings. The van der Waals surface area contributed by atoms with E-state index in [0.717, 1.165) is 46.6 Å². The predicted molar refractivity (Wildman–Crippen MR) is 114 cm³/mol. The molecule has 0 radical (unpaired) electrons. The Morgan fingerprint density at radius 2 is 2.00 bits per heavy atom. The van der Waals surface area contributed by atoms with Crippen molar-refractivity contribution < 1.29 is 0 Å². The molecule has 4 rings (SSSR count). The zero-order valence-electron chi connectivity index (χ0n) is 15.7. The van der Waals surface area contributed by atoms with E-state index in [4.69, 9.17) is 11.6 Å². The molecular weight excluding hydrogens is 356 g/mol. The van der Waals surface area contributed by atoms with Gasteiger partial charge in [-0.2, -0.15) is 0 Å². The summed E-state index contributed by atoms with van der Waals surface area (Å²) in [5, 5.41) is 5.15. The molecule has 0 bridgehead atoms. The summed E-state index contributed by atoms with van der Waals surface area (Å²) >= 11 is 6.41. The lowest BCUT2D eigenvalue weighted by Gasteiger charge is -2.14. The Balaban J connectivity index is 1.45. The minimum absolute atomic E-state index is 0.700. The Bertz CT molecular complexity index is 914. The molecule has 5 heteroatoms. The van der Waals surface area contributed by atoms with Crippen LogP contribution >= 0.6 is 11.6 Å². The van der Waals surface area contributed by atoms with Crippen LogP contribution < -0.4 is 5.32 Å². The second-order valence-corrected chi connectivity index (χ2v) is 7.64. The first kappa shape index (κ1) is 18.2. The van der Waals surface area contributed by atoms with E-state index in [2.05, 4.69) is 45.3 Å². The lowest BCUT2D eigenvalue weighted by molar-refractivity contribution is 0.337. The molecule has 2 aromatic carbocycles. The molecule has 0 spiro atoms. The van der Waals surface area contributed by atoms with Gasteiger partial charge in [-0.1, -0.05) is 29.8 Å². The zero-order chi connectivity index (χ0) is 18.6. The van der Waals surface area contributed by atoms with E-state index in [9.17, 15) is 0 Å². The topological polar surface area (TPSA) is 41.1 Å². The van der Waals surface area contributed by atoms with Crippen molar-refractivity contribution in [2.45, 2.75) is 26.2 Å². The van der Waals surface area contributed by atoms with Gasteiger partial charge in [0, 0.05) is 28.7 Å². The highest BCUT2D eigenvalue weighted by molar-refractivity contribution is 6.33. The number of fused-ring (bicyclic) bond motifs is 1. The Hall–Kier alpha value is -2.17. The smallest absolute Gasteiger partial charge is 0.223 e.